The first-order valence-corrected chi connectivity index (χ1v) is 5.61. The molecule has 1 N–H and O–H groups in total. The normalized spacial score (nSPS) is 10.8. The molecule has 3 rings (SSSR count). The van der Waals surface area contributed by atoms with Gasteiger partial charge < -0.3 is 9.51 Å². The number of carboxylic acids is 1. The Balaban J connectivity index is 2.14. The summed E-state index contributed by atoms with van der Waals surface area (Å²) in [4.78, 5) is 15.2. The highest BCUT2D eigenvalue weighted by molar-refractivity contribution is 5.88. The third kappa shape index (κ3) is 2.06. The van der Waals surface area contributed by atoms with Gasteiger partial charge in [-0.1, -0.05) is 12.1 Å². The van der Waals surface area contributed by atoms with Gasteiger partial charge in [0, 0.05) is 18.0 Å². The molecule has 0 spiro atoms. The number of carboxylic acid groups (broad SMARTS) is 1. The minimum absolute atomic E-state index is 0.170. The number of benzene rings is 1. The van der Waals surface area contributed by atoms with Gasteiger partial charge in [0.1, 0.15) is 11.5 Å². The van der Waals surface area contributed by atoms with E-state index >= 15 is 0 Å². The zero-order chi connectivity index (χ0) is 13.4. The Kier molecular flexibility index (Phi) is 2.52. The molecule has 0 fully saturated rings. The maximum atomic E-state index is 13.2. The first-order chi connectivity index (χ1) is 9.13. The minimum atomic E-state index is -1.00. The minimum Gasteiger partial charge on any atom is -0.478 e. The molecular weight excluding hydrogens is 247 g/mol. The van der Waals surface area contributed by atoms with Gasteiger partial charge in [-0.3, -0.25) is 0 Å². The maximum Gasteiger partial charge on any atom is 0.335 e. The van der Waals surface area contributed by atoms with Gasteiger partial charge in [0.2, 0.25) is 0 Å². The Labute approximate surface area is 107 Å². The third-order valence-corrected chi connectivity index (χ3v) is 2.83. The molecule has 1 aromatic carbocycles. The van der Waals surface area contributed by atoms with Crippen LogP contribution in [0.5, 0.6) is 0 Å². The molecule has 94 valence electrons. The van der Waals surface area contributed by atoms with Gasteiger partial charge in [-0.15, -0.1) is 0 Å². The van der Waals surface area contributed by atoms with E-state index in [1.807, 2.05) is 0 Å². The second kappa shape index (κ2) is 4.20. The summed E-state index contributed by atoms with van der Waals surface area (Å²) in [7, 11) is 0. The predicted octanol–water partition coefficient (Wildman–Crippen LogP) is 2.84. The van der Waals surface area contributed by atoms with E-state index in [0.717, 1.165) is 0 Å². The zero-order valence-corrected chi connectivity index (χ0v) is 9.75. The smallest absolute Gasteiger partial charge is 0.335 e. The molecule has 0 amide bonds. The van der Waals surface area contributed by atoms with Crippen LogP contribution >= 0.6 is 0 Å². The summed E-state index contributed by atoms with van der Waals surface area (Å²) in [5, 5.41) is 8.92. The van der Waals surface area contributed by atoms with Crippen molar-refractivity contribution >= 4 is 11.6 Å². The van der Waals surface area contributed by atoms with Crippen LogP contribution in [0.4, 0.5) is 4.39 Å². The summed E-state index contributed by atoms with van der Waals surface area (Å²) in [5.41, 5.74) is 1.94. The van der Waals surface area contributed by atoms with Gasteiger partial charge in [-0.2, -0.15) is 0 Å². The van der Waals surface area contributed by atoms with E-state index in [2.05, 4.69) is 4.98 Å². The fourth-order valence-corrected chi connectivity index (χ4v) is 1.90. The number of hydrogen-bond donors (Lipinski definition) is 1. The van der Waals surface area contributed by atoms with Crippen molar-refractivity contribution in [1.82, 2.24) is 9.38 Å². The molecule has 2 aromatic heterocycles. The molecule has 0 unspecified atom stereocenters. The van der Waals surface area contributed by atoms with E-state index in [4.69, 9.17) is 5.11 Å². The first-order valence-electron chi connectivity index (χ1n) is 5.61. The van der Waals surface area contributed by atoms with Crippen LogP contribution < -0.4 is 0 Å². The molecule has 0 aliphatic rings. The van der Waals surface area contributed by atoms with Crippen LogP contribution in [0.2, 0.25) is 0 Å². The topological polar surface area (TPSA) is 54.6 Å². The molecule has 0 saturated heterocycles. The fraction of sp³-hybridized carbons (Fsp3) is 0. The van der Waals surface area contributed by atoms with Gasteiger partial charge in [0.15, 0.2) is 0 Å². The molecule has 0 bridgehead atoms. The van der Waals surface area contributed by atoms with Crippen LogP contribution in [0.25, 0.3) is 16.9 Å². The number of aromatic nitrogens is 2. The second-order valence-electron chi connectivity index (χ2n) is 4.12. The lowest BCUT2D eigenvalue weighted by atomic mass is 10.2. The Hall–Kier alpha value is -2.69. The number of fused-ring (bicyclic) bond motifs is 1. The van der Waals surface area contributed by atoms with Crippen LogP contribution in [0.1, 0.15) is 10.4 Å². The van der Waals surface area contributed by atoms with Gasteiger partial charge >= 0.3 is 5.97 Å². The maximum absolute atomic E-state index is 13.2. The number of halogens is 1. The SMILES string of the molecule is O=C(O)c1ccn2cc(-c3cccc(F)c3)nc2c1. The van der Waals surface area contributed by atoms with Crippen molar-refractivity contribution in [1.29, 1.82) is 0 Å². The standard InChI is InChI=1S/C14H9FN2O2/c15-11-3-1-2-9(6-11)12-8-17-5-4-10(14(18)19)7-13(17)16-12/h1-8H,(H,18,19). The molecule has 0 aliphatic heterocycles. The largest absolute Gasteiger partial charge is 0.478 e. The summed E-state index contributed by atoms with van der Waals surface area (Å²) in [6, 6.07) is 9.08. The Morgan fingerprint density at radius 2 is 2.11 bits per heavy atom. The fourth-order valence-electron chi connectivity index (χ4n) is 1.90. The van der Waals surface area contributed by atoms with Crippen LogP contribution in [0, 0.1) is 5.82 Å². The number of nitrogens with zero attached hydrogens (tertiary/aromatic N) is 2. The quantitative estimate of drug-likeness (QED) is 0.767. The Morgan fingerprint density at radius 3 is 2.84 bits per heavy atom. The number of pyridine rings is 1. The summed E-state index contributed by atoms with van der Waals surface area (Å²) in [6.07, 6.45) is 3.35. The first kappa shape index (κ1) is 11.4. The van der Waals surface area contributed by atoms with Gasteiger partial charge in [-0.05, 0) is 24.3 Å². The highest BCUT2D eigenvalue weighted by atomic mass is 19.1. The lowest BCUT2D eigenvalue weighted by Crippen LogP contribution is -1.96. The van der Waals surface area contributed by atoms with Gasteiger partial charge in [0.25, 0.3) is 0 Å². The summed E-state index contributed by atoms with van der Waals surface area (Å²) < 4.78 is 14.9. The van der Waals surface area contributed by atoms with Crippen molar-refractivity contribution in [2.24, 2.45) is 0 Å². The highest BCUT2D eigenvalue weighted by Gasteiger charge is 2.08. The molecule has 0 saturated carbocycles. The van der Waals surface area contributed by atoms with E-state index in [0.29, 0.717) is 16.9 Å². The lowest BCUT2D eigenvalue weighted by molar-refractivity contribution is 0.0697. The number of hydrogen-bond acceptors (Lipinski definition) is 2. The molecule has 19 heavy (non-hydrogen) atoms. The number of aromatic carboxylic acids is 1. The summed E-state index contributed by atoms with van der Waals surface area (Å²) >= 11 is 0. The lowest BCUT2D eigenvalue weighted by Gasteiger charge is -1.94. The second-order valence-corrected chi connectivity index (χ2v) is 4.12. The number of rotatable bonds is 2. The van der Waals surface area contributed by atoms with Gasteiger partial charge in [-0.25, -0.2) is 14.2 Å². The Morgan fingerprint density at radius 1 is 1.26 bits per heavy atom. The van der Waals surface area contributed by atoms with Crippen LogP contribution in [-0.4, -0.2) is 20.5 Å². The van der Waals surface area contributed by atoms with Crippen molar-refractivity contribution in [2.75, 3.05) is 0 Å². The molecule has 3 aromatic rings. The molecule has 2 heterocycles. The molecule has 0 radical (unpaired) electrons. The molecular formula is C14H9FN2O2. The van der Waals surface area contributed by atoms with E-state index in [1.165, 1.54) is 24.3 Å². The van der Waals surface area contributed by atoms with Crippen molar-refractivity contribution in [3.63, 3.8) is 0 Å². The number of imidazole rings is 1. The molecule has 0 atom stereocenters. The van der Waals surface area contributed by atoms with E-state index in [9.17, 15) is 9.18 Å². The monoisotopic (exact) mass is 256 g/mol. The van der Waals surface area contributed by atoms with E-state index in [1.54, 1.807) is 28.9 Å². The third-order valence-electron chi connectivity index (χ3n) is 2.83. The van der Waals surface area contributed by atoms with Crippen LogP contribution in [-0.2, 0) is 0 Å². The Bertz CT molecular complexity index is 780. The highest BCUT2D eigenvalue weighted by Crippen LogP contribution is 2.20. The zero-order valence-electron chi connectivity index (χ0n) is 9.75. The molecule has 5 heteroatoms. The molecule has 0 aliphatic carbocycles. The average molecular weight is 256 g/mol. The van der Waals surface area contributed by atoms with Crippen molar-refractivity contribution < 1.29 is 14.3 Å². The van der Waals surface area contributed by atoms with Crippen molar-refractivity contribution in [2.45, 2.75) is 0 Å². The van der Waals surface area contributed by atoms with Crippen LogP contribution in [0.3, 0.4) is 0 Å². The predicted molar refractivity (Wildman–Crippen MR) is 67.5 cm³/mol. The van der Waals surface area contributed by atoms with Gasteiger partial charge in [0.05, 0.1) is 11.3 Å². The van der Waals surface area contributed by atoms with Crippen LogP contribution in [0.15, 0.2) is 48.8 Å². The summed E-state index contributed by atoms with van der Waals surface area (Å²) in [6.45, 7) is 0. The number of carbonyl (C=O) groups is 1. The van der Waals surface area contributed by atoms with Crippen molar-refractivity contribution in [3.05, 3.63) is 60.2 Å². The summed E-state index contributed by atoms with van der Waals surface area (Å²) in [5.74, 6) is -1.33. The average Bonchev–Trinajstić information content (AvgIpc) is 2.81. The molecule has 4 nitrogen and oxygen atoms in total. The van der Waals surface area contributed by atoms with E-state index < -0.39 is 5.97 Å². The van der Waals surface area contributed by atoms with Crippen molar-refractivity contribution in [3.8, 4) is 11.3 Å². The van der Waals surface area contributed by atoms with E-state index in [-0.39, 0.29) is 11.4 Å².